The number of nitrogens with one attached hydrogen (secondary N) is 1. The van der Waals surface area contributed by atoms with E-state index >= 15 is 0 Å². The minimum atomic E-state index is -0.532. The maximum atomic E-state index is 12.6. The molecule has 1 amide bonds. The number of rotatable bonds is 8. The smallest absolute Gasteiger partial charge is 0.266 e. The quantitative estimate of drug-likeness (QED) is 0.422. The molecule has 0 saturated carbocycles. The highest BCUT2D eigenvalue weighted by atomic mass is 16.5. The van der Waals surface area contributed by atoms with Gasteiger partial charge in [-0.15, -0.1) is 0 Å². The molecule has 0 aliphatic carbocycles. The van der Waals surface area contributed by atoms with E-state index < -0.39 is 5.91 Å². The molecule has 0 atom stereocenters. The SMILES string of the molecule is COc1ccccc1NC(=O)/C(C#N)=C/c1ccc(OCc2ccccc2)c(OC)c1. The number of hydrogen-bond acceptors (Lipinski definition) is 5. The van der Waals surface area contributed by atoms with Crippen LogP contribution in [-0.4, -0.2) is 20.1 Å². The fraction of sp³-hybridized carbons (Fsp3) is 0.120. The van der Waals surface area contributed by atoms with Crippen molar-refractivity contribution < 1.29 is 19.0 Å². The van der Waals surface area contributed by atoms with Crippen molar-refractivity contribution in [2.45, 2.75) is 6.61 Å². The van der Waals surface area contributed by atoms with Crippen LogP contribution < -0.4 is 19.5 Å². The molecular formula is C25H22N2O4. The van der Waals surface area contributed by atoms with Crippen LogP contribution in [0.15, 0.2) is 78.4 Å². The van der Waals surface area contributed by atoms with E-state index in [0.29, 0.717) is 35.1 Å². The number of amides is 1. The summed E-state index contributed by atoms with van der Waals surface area (Å²) in [4.78, 5) is 12.6. The number of nitriles is 1. The molecule has 156 valence electrons. The van der Waals surface area contributed by atoms with Crippen molar-refractivity contribution in [1.29, 1.82) is 5.26 Å². The van der Waals surface area contributed by atoms with Gasteiger partial charge in [0.05, 0.1) is 19.9 Å². The Hall–Kier alpha value is -4.24. The molecule has 1 N–H and O–H groups in total. The van der Waals surface area contributed by atoms with Crippen molar-refractivity contribution in [2.24, 2.45) is 0 Å². The third kappa shape index (κ3) is 5.64. The summed E-state index contributed by atoms with van der Waals surface area (Å²) >= 11 is 0. The zero-order chi connectivity index (χ0) is 22.1. The Morgan fingerprint density at radius 2 is 1.65 bits per heavy atom. The largest absolute Gasteiger partial charge is 0.495 e. The number of anilines is 1. The summed E-state index contributed by atoms with van der Waals surface area (Å²) in [5.41, 5.74) is 2.10. The topological polar surface area (TPSA) is 80.6 Å². The molecular weight excluding hydrogens is 392 g/mol. The lowest BCUT2D eigenvalue weighted by molar-refractivity contribution is -0.112. The van der Waals surface area contributed by atoms with E-state index in [1.807, 2.05) is 36.4 Å². The van der Waals surface area contributed by atoms with Gasteiger partial charge in [0.2, 0.25) is 0 Å². The molecule has 0 bridgehead atoms. The Bertz CT molecular complexity index is 1120. The van der Waals surface area contributed by atoms with Crippen LogP contribution in [0.25, 0.3) is 6.08 Å². The van der Waals surface area contributed by atoms with E-state index in [2.05, 4.69) is 5.32 Å². The Kier molecular flexibility index (Phi) is 7.28. The summed E-state index contributed by atoms with van der Waals surface area (Å²) in [6, 6.07) is 24.0. The van der Waals surface area contributed by atoms with E-state index in [4.69, 9.17) is 14.2 Å². The Morgan fingerprint density at radius 3 is 2.35 bits per heavy atom. The fourth-order valence-corrected chi connectivity index (χ4v) is 2.88. The van der Waals surface area contributed by atoms with Crippen LogP contribution >= 0.6 is 0 Å². The summed E-state index contributed by atoms with van der Waals surface area (Å²) < 4.78 is 16.5. The normalized spacial score (nSPS) is 10.7. The number of para-hydroxylation sites is 2. The first kappa shape index (κ1) is 21.5. The number of benzene rings is 3. The Balaban J connectivity index is 1.77. The second-order valence-electron chi connectivity index (χ2n) is 6.51. The highest BCUT2D eigenvalue weighted by Crippen LogP contribution is 2.30. The predicted octanol–water partition coefficient (Wildman–Crippen LogP) is 4.83. The Morgan fingerprint density at radius 1 is 0.935 bits per heavy atom. The number of carbonyl (C=O) groups excluding carboxylic acids is 1. The van der Waals surface area contributed by atoms with Gasteiger partial charge in [0, 0.05) is 0 Å². The number of methoxy groups -OCH3 is 2. The molecule has 3 aromatic rings. The molecule has 0 radical (unpaired) electrons. The zero-order valence-corrected chi connectivity index (χ0v) is 17.3. The lowest BCUT2D eigenvalue weighted by Crippen LogP contribution is -2.14. The van der Waals surface area contributed by atoms with Gasteiger partial charge in [0.25, 0.3) is 5.91 Å². The monoisotopic (exact) mass is 414 g/mol. The van der Waals surface area contributed by atoms with Gasteiger partial charge in [-0.2, -0.15) is 5.26 Å². The first-order valence-corrected chi connectivity index (χ1v) is 9.55. The average molecular weight is 414 g/mol. The van der Waals surface area contributed by atoms with Crippen LogP contribution in [0.3, 0.4) is 0 Å². The maximum Gasteiger partial charge on any atom is 0.266 e. The minimum Gasteiger partial charge on any atom is -0.495 e. The lowest BCUT2D eigenvalue weighted by atomic mass is 10.1. The van der Waals surface area contributed by atoms with Crippen molar-refractivity contribution in [3.05, 3.63) is 89.5 Å². The van der Waals surface area contributed by atoms with Crippen molar-refractivity contribution in [3.63, 3.8) is 0 Å². The molecule has 0 aromatic heterocycles. The van der Waals surface area contributed by atoms with Crippen molar-refractivity contribution in [3.8, 4) is 23.3 Å². The molecule has 0 saturated heterocycles. The molecule has 0 aliphatic rings. The molecule has 31 heavy (non-hydrogen) atoms. The lowest BCUT2D eigenvalue weighted by Gasteiger charge is -2.12. The minimum absolute atomic E-state index is 0.0501. The molecule has 0 spiro atoms. The van der Waals surface area contributed by atoms with Crippen LogP contribution in [0.1, 0.15) is 11.1 Å². The van der Waals surface area contributed by atoms with E-state index in [1.165, 1.54) is 20.3 Å². The first-order chi connectivity index (χ1) is 15.1. The first-order valence-electron chi connectivity index (χ1n) is 9.55. The summed E-state index contributed by atoms with van der Waals surface area (Å²) in [6.07, 6.45) is 1.49. The number of hydrogen-bond donors (Lipinski definition) is 1. The fourth-order valence-electron chi connectivity index (χ4n) is 2.88. The van der Waals surface area contributed by atoms with Crippen LogP contribution in [-0.2, 0) is 11.4 Å². The third-order valence-electron chi connectivity index (χ3n) is 4.46. The number of carbonyl (C=O) groups is 1. The third-order valence-corrected chi connectivity index (χ3v) is 4.46. The van der Waals surface area contributed by atoms with E-state index in [1.54, 1.807) is 42.5 Å². The van der Waals surface area contributed by atoms with Crippen molar-refractivity contribution >= 4 is 17.7 Å². The number of nitrogens with zero attached hydrogens (tertiary/aromatic N) is 1. The standard InChI is InChI=1S/C25H22N2O4/c1-29-22-11-7-6-10-21(22)27-25(28)20(16-26)14-19-12-13-23(24(15-19)30-2)31-17-18-8-4-3-5-9-18/h3-15H,17H2,1-2H3,(H,27,28)/b20-14+. The molecule has 0 unspecified atom stereocenters. The van der Waals surface area contributed by atoms with Gasteiger partial charge in [-0.05, 0) is 41.5 Å². The average Bonchev–Trinajstić information content (AvgIpc) is 2.82. The van der Waals surface area contributed by atoms with Crippen LogP contribution in [0.5, 0.6) is 17.2 Å². The zero-order valence-electron chi connectivity index (χ0n) is 17.3. The highest BCUT2D eigenvalue weighted by Gasteiger charge is 2.13. The molecule has 0 fully saturated rings. The van der Waals surface area contributed by atoms with Crippen molar-refractivity contribution in [2.75, 3.05) is 19.5 Å². The highest BCUT2D eigenvalue weighted by molar-refractivity contribution is 6.10. The second kappa shape index (κ2) is 10.5. The summed E-state index contributed by atoms with van der Waals surface area (Å²) in [6.45, 7) is 0.400. The van der Waals surface area contributed by atoms with Gasteiger partial charge < -0.3 is 19.5 Å². The van der Waals surface area contributed by atoms with Crippen LogP contribution in [0.4, 0.5) is 5.69 Å². The maximum absolute atomic E-state index is 12.6. The van der Waals surface area contributed by atoms with Gasteiger partial charge in [-0.25, -0.2) is 0 Å². The van der Waals surface area contributed by atoms with E-state index in [-0.39, 0.29) is 5.57 Å². The predicted molar refractivity (Wildman–Crippen MR) is 119 cm³/mol. The van der Waals surface area contributed by atoms with Gasteiger partial charge in [-0.3, -0.25) is 4.79 Å². The van der Waals surface area contributed by atoms with Crippen LogP contribution in [0.2, 0.25) is 0 Å². The molecule has 6 heteroatoms. The number of ether oxygens (including phenoxy) is 3. The van der Waals surface area contributed by atoms with Crippen LogP contribution in [0, 0.1) is 11.3 Å². The summed E-state index contributed by atoms with van der Waals surface area (Å²) in [5.74, 6) is 1.05. The second-order valence-corrected chi connectivity index (χ2v) is 6.51. The summed E-state index contributed by atoms with van der Waals surface area (Å²) in [5, 5.41) is 12.2. The Labute approximate surface area is 181 Å². The van der Waals surface area contributed by atoms with Gasteiger partial charge in [0.1, 0.15) is 24.0 Å². The van der Waals surface area contributed by atoms with Gasteiger partial charge in [0.15, 0.2) is 11.5 Å². The summed E-state index contributed by atoms with van der Waals surface area (Å²) in [7, 11) is 3.05. The molecule has 6 nitrogen and oxygen atoms in total. The van der Waals surface area contributed by atoms with Crippen molar-refractivity contribution in [1.82, 2.24) is 0 Å². The van der Waals surface area contributed by atoms with E-state index in [0.717, 1.165) is 5.56 Å². The van der Waals surface area contributed by atoms with Gasteiger partial charge >= 0.3 is 0 Å². The molecule has 3 rings (SSSR count). The molecule has 0 heterocycles. The van der Waals surface area contributed by atoms with E-state index in [9.17, 15) is 10.1 Å². The molecule has 3 aromatic carbocycles. The van der Waals surface area contributed by atoms with Gasteiger partial charge in [-0.1, -0.05) is 48.5 Å². The molecule has 0 aliphatic heterocycles.